The second kappa shape index (κ2) is 5.44. The quantitative estimate of drug-likeness (QED) is 0.672. The van der Waals surface area contributed by atoms with Crippen LogP contribution in [0.3, 0.4) is 0 Å². The Bertz CT molecular complexity index is 468. The van der Waals surface area contributed by atoms with Gasteiger partial charge < -0.3 is 10.8 Å². The van der Waals surface area contributed by atoms with Crippen molar-refractivity contribution in [1.29, 1.82) is 0 Å². The lowest BCUT2D eigenvalue weighted by Gasteiger charge is -2.08. The monoisotopic (exact) mass is 262 g/mol. The van der Waals surface area contributed by atoms with Crippen molar-refractivity contribution < 1.29 is 17.9 Å². The number of aliphatic hydroxyl groups is 1. The van der Waals surface area contributed by atoms with Crippen LogP contribution in [0.25, 0.3) is 0 Å². The van der Waals surface area contributed by atoms with Gasteiger partial charge in [0.15, 0.2) is 0 Å². The van der Waals surface area contributed by atoms with Gasteiger partial charge in [-0.3, -0.25) is 0 Å². The molecular formula is C10H15FN2O3S. The normalized spacial score (nSPS) is 13.6. The summed E-state index contributed by atoms with van der Waals surface area (Å²) in [6, 6.07) is 3.10. The van der Waals surface area contributed by atoms with Crippen LogP contribution in [0.4, 0.5) is 10.1 Å². The first-order valence-electron chi connectivity index (χ1n) is 5.05. The van der Waals surface area contributed by atoms with Crippen LogP contribution in [0.15, 0.2) is 23.1 Å². The molecule has 4 N–H and O–H groups in total. The van der Waals surface area contributed by atoms with E-state index < -0.39 is 21.9 Å². The summed E-state index contributed by atoms with van der Waals surface area (Å²) in [5.41, 5.74) is 5.40. The predicted octanol–water partition coefficient (Wildman–Crippen LogP) is 0.457. The van der Waals surface area contributed by atoms with E-state index in [0.717, 1.165) is 12.1 Å². The topological polar surface area (TPSA) is 92.4 Å². The van der Waals surface area contributed by atoms with Crippen LogP contribution in [-0.2, 0) is 10.0 Å². The number of anilines is 1. The Morgan fingerprint density at radius 3 is 2.65 bits per heavy atom. The van der Waals surface area contributed by atoms with Gasteiger partial charge in [-0.2, -0.15) is 0 Å². The molecule has 0 spiro atoms. The van der Waals surface area contributed by atoms with Crippen molar-refractivity contribution in [3.63, 3.8) is 0 Å². The summed E-state index contributed by atoms with van der Waals surface area (Å²) in [4.78, 5) is -0.222. The molecule has 0 aliphatic carbocycles. The highest BCUT2D eigenvalue weighted by Crippen LogP contribution is 2.15. The minimum absolute atomic E-state index is 0.0425. The second-order valence-corrected chi connectivity index (χ2v) is 5.52. The SMILES string of the molecule is CC(O)CCNS(=O)(=O)c1cc(N)cc(F)c1. The molecule has 0 saturated carbocycles. The minimum Gasteiger partial charge on any atom is -0.399 e. The van der Waals surface area contributed by atoms with Gasteiger partial charge >= 0.3 is 0 Å². The number of halogens is 1. The van der Waals surface area contributed by atoms with Crippen molar-refractivity contribution in [3.8, 4) is 0 Å². The molecule has 1 rings (SSSR count). The molecule has 5 nitrogen and oxygen atoms in total. The van der Waals surface area contributed by atoms with Crippen molar-refractivity contribution in [2.24, 2.45) is 0 Å². The molecule has 0 fully saturated rings. The maximum Gasteiger partial charge on any atom is 0.240 e. The zero-order valence-corrected chi connectivity index (χ0v) is 10.2. The molecule has 1 aromatic rings. The van der Waals surface area contributed by atoms with Gasteiger partial charge in [0.25, 0.3) is 0 Å². The third-order valence-electron chi connectivity index (χ3n) is 2.06. The first kappa shape index (κ1) is 13.9. The fourth-order valence-corrected chi connectivity index (χ4v) is 2.34. The zero-order chi connectivity index (χ0) is 13.1. The number of benzene rings is 1. The van der Waals surface area contributed by atoms with Crippen molar-refractivity contribution in [1.82, 2.24) is 4.72 Å². The lowest BCUT2D eigenvalue weighted by atomic mass is 10.3. The smallest absolute Gasteiger partial charge is 0.240 e. The van der Waals surface area contributed by atoms with E-state index in [-0.39, 0.29) is 23.5 Å². The van der Waals surface area contributed by atoms with Crippen LogP contribution in [0.5, 0.6) is 0 Å². The molecular weight excluding hydrogens is 247 g/mol. The van der Waals surface area contributed by atoms with Crippen molar-refractivity contribution in [3.05, 3.63) is 24.0 Å². The third-order valence-corrected chi connectivity index (χ3v) is 3.50. The summed E-state index contributed by atoms with van der Waals surface area (Å²) in [6.07, 6.45) is -0.320. The summed E-state index contributed by atoms with van der Waals surface area (Å²) in [5.74, 6) is -0.707. The van der Waals surface area contributed by atoms with Gasteiger partial charge in [-0.15, -0.1) is 0 Å². The van der Waals surface area contributed by atoms with E-state index in [2.05, 4.69) is 4.72 Å². The molecule has 0 heterocycles. The maximum atomic E-state index is 13.0. The van der Waals surface area contributed by atoms with E-state index in [1.165, 1.54) is 6.07 Å². The van der Waals surface area contributed by atoms with Gasteiger partial charge in [0.2, 0.25) is 10.0 Å². The van der Waals surface area contributed by atoms with E-state index >= 15 is 0 Å². The van der Waals surface area contributed by atoms with Crippen LogP contribution in [0.2, 0.25) is 0 Å². The van der Waals surface area contributed by atoms with E-state index in [1.807, 2.05) is 0 Å². The number of hydrogen-bond acceptors (Lipinski definition) is 4. The fourth-order valence-electron chi connectivity index (χ4n) is 1.23. The Hall–Kier alpha value is -1.18. The van der Waals surface area contributed by atoms with Gasteiger partial charge in [0, 0.05) is 12.2 Å². The van der Waals surface area contributed by atoms with Crippen LogP contribution in [0.1, 0.15) is 13.3 Å². The second-order valence-electron chi connectivity index (χ2n) is 3.76. The Morgan fingerprint density at radius 1 is 1.47 bits per heavy atom. The number of aliphatic hydroxyl groups excluding tert-OH is 1. The lowest BCUT2D eigenvalue weighted by Crippen LogP contribution is -2.26. The summed E-state index contributed by atoms with van der Waals surface area (Å²) in [6.45, 7) is 1.63. The molecule has 0 aromatic heterocycles. The van der Waals surface area contributed by atoms with Gasteiger partial charge in [-0.05, 0) is 31.5 Å². The Balaban J connectivity index is 2.82. The predicted molar refractivity (Wildman–Crippen MR) is 62.3 cm³/mol. The van der Waals surface area contributed by atoms with Crippen LogP contribution in [-0.4, -0.2) is 26.2 Å². The molecule has 96 valence electrons. The molecule has 0 amide bonds. The average Bonchev–Trinajstić information content (AvgIpc) is 2.14. The summed E-state index contributed by atoms with van der Waals surface area (Å²) < 4.78 is 38.7. The highest BCUT2D eigenvalue weighted by atomic mass is 32.2. The van der Waals surface area contributed by atoms with E-state index in [4.69, 9.17) is 10.8 Å². The highest BCUT2D eigenvalue weighted by Gasteiger charge is 2.15. The molecule has 0 saturated heterocycles. The summed E-state index contributed by atoms with van der Waals surface area (Å²) in [7, 11) is -3.78. The van der Waals surface area contributed by atoms with Crippen LogP contribution in [0, 0.1) is 5.82 Å². The number of nitrogens with two attached hydrogens (primary N) is 1. The van der Waals surface area contributed by atoms with E-state index in [1.54, 1.807) is 6.92 Å². The van der Waals surface area contributed by atoms with Gasteiger partial charge in [-0.1, -0.05) is 0 Å². The Morgan fingerprint density at radius 2 is 2.12 bits per heavy atom. The van der Waals surface area contributed by atoms with Gasteiger partial charge in [0.05, 0.1) is 11.0 Å². The van der Waals surface area contributed by atoms with Crippen LogP contribution < -0.4 is 10.5 Å². The Labute approximate surface area is 99.5 Å². The maximum absolute atomic E-state index is 13.0. The first-order valence-corrected chi connectivity index (χ1v) is 6.53. The van der Waals surface area contributed by atoms with E-state index in [9.17, 15) is 12.8 Å². The molecule has 1 unspecified atom stereocenters. The third kappa shape index (κ3) is 4.29. The molecule has 7 heteroatoms. The molecule has 1 aromatic carbocycles. The highest BCUT2D eigenvalue weighted by molar-refractivity contribution is 7.89. The molecule has 0 radical (unpaired) electrons. The number of sulfonamides is 1. The summed E-state index contributed by atoms with van der Waals surface area (Å²) >= 11 is 0. The van der Waals surface area contributed by atoms with Gasteiger partial charge in [-0.25, -0.2) is 17.5 Å². The van der Waals surface area contributed by atoms with Gasteiger partial charge in [0.1, 0.15) is 5.82 Å². The largest absolute Gasteiger partial charge is 0.399 e. The number of hydrogen-bond donors (Lipinski definition) is 3. The first-order chi connectivity index (χ1) is 7.81. The van der Waals surface area contributed by atoms with Crippen molar-refractivity contribution in [2.45, 2.75) is 24.3 Å². The molecule has 0 aliphatic heterocycles. The summed E-state index contributed by atoms with van der Waals surface area (Å²) in [5, 5.41) is 8.99. The Kier molecular flexibility index (Phi) is 4.44. The van der Waals surface area contributed by atoms with Crippen molar-refractivity contribution in [2.75, 3.05) is 12.3 Å². The number of nitrogens with one attached hydrogen (secondary N) is 1. The fraction of sp³-hybridized carbons (Fsp3) is 0.400. The van der Waals surface area contributed by atoms with Crippen molar-refractivity contribution >= 4 is 15.7 Å². The van der Waals surface area contributed by atoms with Crippen LogP contribution >= 0.6 is 0 Å². The number of nitrogen functional groups attached to an aromatic ring is 1. The number of rotatable bonds is 5. The molecule has 17 heavy (non-hydrogen) atoms. The molecule has 0 bridgehead atoms. The standard InChI is InChI=1S/C10H15FN2O3S/c1-7(14)2-3-13-17(15,16)10-5-8(11)4-9(12)6-10/h4-7,13-14H,2-3,12H2,1H3. The molecule has 0 aliphatic rings. The average molecular weight is 262 g/mol. The molecule has 1 atom stereocenters. The lowest BCUT2D eigenvalue weighted by molar-refractivity contribution is 0.186. The van der Waals surface area contributed by atoms with E-state index in [0.29, 0.717) is 0 Å². The minimum atomic E-state index is -3.78. The zero-order valence-electron chi connectivity index (χ0n) is 9.35.